The van der Waals surface area contributed by atoms with Gasteiger partial charge in [-0.15, -0.1) is 0 Å². The Morgan fingerprint density at radius 2 is 2.08 bits per heavy atom. The lowest BCUT2D eigenvalue weighted by molar-refractivity contribution is -0.120. The van der Waals surface area contributed by atoms with Crippen LogP contribution in [0.25, 0.3) is 0 Å². The first-order valence-electron chi connectivity index (χ1n) is 9.41. The molecule has 26 heavy (non-hydrogen) atoms. The standard InChI is InChI=1S/C20H28N4O2/c1-15-18(20(26)23-22-15)12-19(25)21-13-17-8-5-10-24(14-17)11-9-16-6-3-2-4-7-16/h2-4,6-7,17H,5,8-14H2,1H3,(H,21,25)(H2,22,23,26). The van der Waals surface area contributed by atoms with Crippen LogP contribution >= 0.6 is 0 Å². The molecule has 2 heterocycles. The van der Waals surface area contributed by atoms with E-state index >= 15 is 0 Å². The van der Waals surface area contributed by atoms with Gasteiger partial charge in [0.15, 0.2) is 0 Å². The Labute approximate surface area is 154 Å². The Morgan fingerprint density at radius 1 is 1.27 bits per heavy atom. The molecular weight excluding hydrogens is 328 g/mol. The minimum Gasteiger partial charge on any atom is -0.355 e. The van der Waals surface area contributed by atoms with Crippen molar-refractivity contribution in [1.29, 1.82) is 0 Å². The number of hydrogen-bond acceptors (Lipinski definition) is 3. The third-order valence-corrected chi connectivity index (χ3v) is 5.18. The number of rotatable bonds is 7. The lowest BCUT2D eigenvalue weighted by atomic mass is 9.97. The van der Waals surface area contributed by atoms with E-state index in [2.05, 4.69) is 44.7 Å². The van der Waals surface area contributed by atoms with E-state index in [0.717, 1.165) is 38.2 Å². The number of aryl methyl sites for hydroxylation is 1. The zero-order valence-electron chi connectivity index (χ0n) is 15.4. The van der Waals surface area contributed by atoms with Gasteiger partial charge in [0.1, 0.15) is 0 Å². The molecule has 1 aromatic carbocycles. The van der Waals surface area contributed by atoms with Crippen molar-refractivity contribution in [2.45, 2.75) is 32.6 Å². The largest absolute Gasteiger partial charge is 0.355 e. The Hall–Kier alpha value is -2.34. The molecule has 0 bridgehead atoms. The van der Waals surface area contributed by atoms with E-state index in [1.807, 2.05) is 6.07 Å². The monoisotopic (exact) mass is 356 g/mol. The van der Waals surface area contributed by atoms with Crippen LogP contribution in [0, 0.1) is 12.8 Å². The quantitative estimate of drug-likeness (QED) is 0.705. The number of hydrogen-bond donors (Lipinski definition) is 3. The van der Waals surface area contributed by atoms with Gasteiger partial charge in [0.2, 0.25) is 5.91 Å². The summed E-state index contributed by atoms with van der Waals surface area (Å²) in [7, 11) is 0. The number of aromatic nitrogens is 2. The van der Waals surface area contributed by atoms with Gasteiger partial charge in [0.25, 0.3) is 5.56 Å². The zero-order valence-corrected chi connectivity index (χ0v) is 15.4. The van der Waals surface area contributed by atoms with Gasteiger partial charge >= 0.3 is 0 Å². The third-order valence-electron chi connectivity index (χ3n) is 5.18. The SMILES string of the molecule is Cc1[nH][nH]c(=O)c1CC(=O)NCC1CCCN(CCc2ccccc2)C1. The summed E-state index contributed by atoms with van der Waals surface area (Å²) in [5, 5.41) is 8.28. The maximum atomic E-state index is 12.2. The van der Waals surface area contributed by atoms with Crippen LogP contribution in [0.1, 0.15) is 29.7 Å². The molecule has 1 amide bonds. The highest BCUT2D eigenvalue weighted by atomic mass is 16.2. The number of aromatic amines is 2. The molecule has 140 valence electrons. The molecule has 1 atom stereocenters. The Morgan fingerprint density at radius 3 is 2.81 bits per heavy atom. The lowest BCUT2D eigenvalue weighted by Gasteiger charge is -2.32. The molecule has 1 fully saturated rings. The number of piperidine rings is 1. The highest BCUT2D eigenvalue weighted by Gasteiger charge is 2.20. The molecule has 6 heteroatoms. The highest BCUT2D eigenvalue weighted by molar-refractivity contribution is 5.78. The van der Waals surface area contributed by atoms with Crippen LogP contribution in [0.15, 0.2) is 35.1 Å². The fourth-order valence-corrected chi connectivity index (χ4v) is 3.62. The molecule has 1 aliphatic rings. The molecule has 1 aromatic heterocycles. The normalized spacial score (nSPS) is 18.0. The van der Waals surface area contributed by atoms with Gasteiger partial charge in [-0.2, -0.15) is 0 Å². The van der Waals surface area contributed by atoms with Crippen LogP contribution in [0.2, 0.25) is 0 Å². The fraction of sp³-hybridized carbons (Fsp3) is 0.500. The van der Waals surface area contributed by atoms with E-state index in [0.29, 0.717) is 18.0 Å². The van der Waals surface area contributed by atoms with E-state index in [1.54, 1.807) is 6.92 Å². The molecule has 3 rings (SSSR count). The summed E-state index contributed by atoms with van der Waals surface area (Å²) in [4.78, 5) is 26.3. The predicted octanol–water partition coefficient (Wildman–Crippen LogP) is 1.62. The summed E-state index contributed by atoms with van der Waals surface area (Å²) in [6.45, 7) is 5.70. The summed E-state index contributed by atoms with van der Waals surface area (Å²) in [5.41, 5.74) is 2.42. The van der Waals surface area contributed by atoms with Crippen molar-refractivity contribution < 1.29 is 4.79 Å². The maximum absolute atomic E-state index is 12.2. The van der Waals surface area contributed by atoms with Gasteiger partial charge in [-0.05, 0) is 44.2 Å². The number of H-pyrrole nitrogens is 2. The highest BCUT2D eigenvalue weighted by Crippen LogP contribution is 2.16. The lowest BCUT2D eigenvalue weighted by Crippen LogP contribution is -2.42. The van der Waals surface area contributed by atoms with E-state index in [-0.39, 0.29) is 17.9 Å². The van der Waals surface area contributed by atoms with Crippen LogP contribution in [-0.4, -0.2) is 47.2 Å². The second-order valence-electron chi connectivity index (χ2n) is 7.21. The van der Waals surface area contributed by atoms with E-state index in [4.69, 9.17) is 0 Å². The number of nitrogens with one attached hydrogen (secondary N) is 3. The van der Waals surface area contributed by atoms with Gasteiger partial charge in [-0.3, -0.25) is 14.7 Å². The average Bonchev–Trinajstić information content (AvgIpc) is 2.98. The number of benzene rings is 1. The smallest absolute Gasteiger partial charge is 0.267 e. The molecule has 1 saturated heterocycles. The summed E-state index contributed by atoms with van der Waals surface area (Å²) in [5.74, 6) is 0.397. The summed E-state index contributed by atoms with van der Waals surface area (Å²) < 4.78 is 0. The number of likely N-dealkylation sites (tertiary alicyclic amines) is 1. The minimum absolute atomic E-state index is 0.0837. The van der Waals surface area contributed by atoms with E-state index in [1.165, 1.54) is 12.0 Å². The van der Waals surface area contributed by atoms with Crippen molar-refractivity contribution in [3.63, 3.8) is 0 Å². The summed E-state index contributed by atoms with van der Waals surface area (Å²) in [6.07, 6.45) is 3.52. The van der Waals surface area contributed by atoms with Crippen LogP contribution in [-0.2, 0) is 17.6 Å². The molecular formula is C20H28N4O2. The van der Waals surface area contributed by atoms with Crippen LogP contribution in [0.4, 0.5) is 0 Å². The molecule has 0 spiro atoms. The fourth-order valence-electron chi connectivity index (χ4n) is 3.62. The van der Waals surface area contributed by atoms with Crippen molar-refractivity contribution in [1.82, 2.24) is 20.4 Å². The van der Waals surface area contributed by atoms with Crippen molar-refractivity contribution in [2.24, 2.45) is 5.92 Å². The summed E-state index contributed by atoms with van der Waals surface area (Å²) in [6, 6.07) is 10.6. The first kappa shape index (κ1) is 18.5. The molecule has 2 aromatic rings. The number of carbonyl (C=O) groups excluding carboxylic acids is 1. The number of carbonyl (C=O) groups is 1. The molecule has 6 nitrogen and oxygen atoms in total. The van der Waals surface area contributed by atoms with Gasteiger partial charge in [-0.25, -0.2) is 0 Å². The van der Waals surface area contributed by atoms with Crippen LogP contribution < -0.4 is 10.9 Å². The van der Waals surface area contributed by atoms with E-state index in [9.17, 15) is 9.59 Å². The maximum Gasteiger partial charge on any atom is 0.267 e. The number of nitrogens with zero attached hydrogens (tertiary/aromatic N) is 1. The van der Waals surface area contributed by atoms with Gasteiger partial charge in [0.05, 0.1) is 6.42 Å². The van der Waals surface area contributed by atoms with Gasteiger partial charge in [-0.1, -0.05) is 30.3 Å². The zero-order chi connectivity index (χ0) is 18.4. The Kier molecular flexibility index (Phi) is 6.28. The van der Waals surface area contributed by atoms with Crippen molar-refractivity contribution >= 4 is 5.91 Å². The molecule has 0 saturated carbocycles. The van der Waals surface area contributed by atoms with Gasteiger partial charge < -0.3 is 15.3 Å². The average molecular weight is 356 g/mol. The first-order chi connectivity index (χ1) is 12.6. The Balaban J connectivity index is 1.42. The second-order valence-corrected chi connectivity index (χ2v) is 7.21. The Bertz CT molecular complexity index is 766. The molecule has 1 aliphatic heterocycles. The third kappa shape index (κ3) is 5.08. The summed E-state index contributed by atoms with van der Waals surface area (Å²) >= 11 is 0. The first-order valence-corrected chi connectivity index (χ1v) is 9.41. The number of amides is 1. The van der Waals surface area contributed by atoms with Gasteiger partial charge in [0, 0.05) is 30.9 Å². The topological polar surface area (TPSA) is 81.0 Å². The predicted molar refractivity (Wildman–Crippen MR) is 102 cm³/mol. The second kappa shape index (κ2) is 8.85. The molecule has 0 radical (unpaired) electrons. The molecule has 3 N–H and O–H groups in total. The minimum atomic E-state index is -0.206. The molecule has 1 unspecified atom stereocenters. The van der Waals surface area contributed by atoms with Crippen molar-refractivity contribution in [3.8, 4) is 0 Å². The van der Waals surface area contributed by atoms with Crippen LogP contribution in [0.5, 0.6) is 0 Å². The molecule has 0 aliphatic carbocycles. The van der Waals surface area contributed by atoms with E-state index < -0.39 is 0 Å². The van der Waals surface area contributed by atoms with Crippen molar-refractivity contribution in [2.75, 3.05) is 26.2 Å². The van der Waals surface area contributed by atoms with Crippen LogP contribution in [0.3, 0.4) is 0 Å². The van der Waals surface area contributed by atoms with Crippen molar-refractivity contribution in [3.05, 3.63) is 57.5 Å².